The number of anilines is 1. The van der Waals surface area contributed by atoms with Crippen LogP contribution in [0.25, 0.3) is 0 Å². The van der Waals surface area contributed by atoms with Crippen LogP contribution in [0.3, 0.4) is 0 Å². The molecule has 0 heterocycles. The summed E-state index contributed by atoms with van der Waals surface area (Å²) in [6.45, 7) is 5.48. The Hall–Kier alpha value is -1.59. The van der Waals surface area contributed by atoms with Crippen molar-refractivity contribution in [2.75, 3.05) is 11.8 Å². The first kappa shape index (κ1) is 11.5. The van der Waals surface area contributed by atoms with Gasteiger partial charge in [-0.2, -0.15) is 0 Å². The lowest BCUT2D eigenvalue weighted by atomic mass is 10.3. The smallest absolute Gasteiger partial charge is 0.147 e. The number of ether oxygens (including phenoxy) is 1. The molecule has 82 valence electrons. The number of halogens is 1. The van der Waals surface area contributed by atoms with E-state index < -0.39 is 5.82 Å². The zero-order valence-electron chi connectivity index (χ0n) is 8.24. The van der Waals surface area contributed by atoms with Crippen molar-refractivity contribution in [3.05, 3.63) is 41.4 Å². The summed E-state index contributed by atoms with van der Waals surface area (Å²) >= 11 is 0. The molecule has 0 saturated heterocycles. The van der Waals surface area contributed by atoms with Gasteiger partial charge in [-0.3, -0.25) is 5.21 Å². The molecule has 0 aliphatic rings. The van der Waals surface area contributed by atoms with Gasteiger partial charge in [0.05, 0.1) is 5.69 Å². The molecular formula is C10H11FNO3-. The Morgan fingerprint density at radius 3 is 2.87 bits per heavy atom. The van der Waals surface area contributed by atoms with E-state index in [0.29, 0.717) is 0 Å². The molecule has 0 aliphatic heterocycles. The maximum Gasteiger partial charge on any atom is 0.147 e. The second-order valence-electron chi connectivity index (χ2n) is 3.13. The van der Waals surface area contributed by atoms with Crippen molar-refractivity contribution in [2.45, 2.75) is 6.92 Å². The van der Waals surface area contributed by atoms with E-state index in [2.05, 4.69) is 6.58 Å². The first-order valence-corrected chi connectivity index (χ1v) is 4.23. The average Bonchev–Trinajstić information content (AvgIpc) is 2.14. The van der Waals surface area contributed by atoms with Crippen LogP contribution in [-0.4, -0.2) is 11.8 Å². The second-order valence-corrected chi connectivity index (χ2v) is 3.13. The first-order valence-electron chi connectivity index (χ1n) is 4.23. The number of hydrogen-bond acceptors (Lipinski definition) is 4. The molecule has 5 heteroatoms. The predicted octanol–water partition coefficient (Wildman–Crippen LogP) is 2.47. The molecule has 15 heavy (non-hydrogen) atoms. The van der Waals surface area contributed by atoms with Crippen molar-refractivity contribution < 1.29 is 14.3 Å². The molecule has 0 amide bonds. The van der Waals surface area contributed by atoms with Crippen LogP contribution >= 0.6 is 0 Å². The fourth-order valence-electron chi connectivity index (χ4n) is 0.963. The molecule has 1 rings (SSSR count). The minimum Gasteiger partial charge on any atom is -0.733 e. The number of rotatable bonds is 4. The predicted molar refractivity (Wildman–Crippen MR) is 54.3 cm³/mol. The Labute approximate surface area is 86.7 Å². The Morgan fingerprint density at radius 1 is 1.67 bits per heavy atom. The summed E-state index contributed by atoms with van der Waals surface area (Å²) in [5.41, 5.74) is 0.582. The van der Waals surface area contributed by atoms with E-state index in [0.717, 1.165) is 23.8 Å². The van der Waals surface area contributed by atoms with Gasteiger partial charge in [-0.1, -0.05) is 6.58 Å². The maximum atomic E-state index is 12.8. The molecule has 0 saturated carbocycles. The molecule has 0 fully saturated rings. The topological polar surface area (TPSA) is 55.8 Å². The highest BCUT2D eigenvalue weighted by Crippen LogP contribution is 2.27. The fraction of sp³-hybridized carbons (Fsp3) is 0.200. The lowest BCUT2D eigenvalue weighted by Crippen LogP contribution is -2.10. The van der Waals surface area contributed by atoms with Gasteiger partial charge in [0.1, 0.15) is 18.2 Å². The van der Waals surface area contributed by atoms with E-state index in [1.54, 1.807) is 6.92 Å². The van der Waals surface area contributed by atoms with Crippen molar-refractivity contribution in [1.29, 1.82) is 0 Å². The molecule has 0 bridgehead atoms. The van der Waals surface area contributed by atoms with Gasteiger partial charge in [0, 0.05) is 6.07 Å². The van der Waals surface area contributed by atoms with Crippen LogP contribution in [-0.2, 0) is 0 Å². The zero-order chi connectivity index (χ0) is 11.4. The summed E-state index contributed by atoms with van der Waals surface area (Å²) in [7, 11) is 0. The highest BCUT2D eigenvalue weighted by Gasteiger charge is 2.06. The van der Waals surface area contributed by atoms with Crippen LogP contribution < -0.4 is 9.96 Å². The summed E-state index contributed by atoms with van der Waals surface area (Å²) in [5.74, 6) is -0.562. The maximum absolute atomic E-state index is 12.8. The lowest BCUT2D eigenvalue weighted by molar-refractivity contribution is 0.285. The third-order valence-electron chi connectivity index (χ3n) is 1.60. The van der Waals surface area contributed by atoms with Gasteiger partial charge in [0.2, 0.25) is 0 Å². The van der Waals surface area contributed by atoms with Crippen LogP contribution in [0.1, 0.15) is 6.92 Å². The fourth-order valence-corrected chi connectivity index (χ4v) is 0.963. The average molecular weight is 212 g/mol. The normalized spacial score (nSPS) is 9.87. The van der Waals surface area contributed by atoms with Crippen molar-refractivity contribution in [2.24, 2.45) is 0 Å². The molecule has 4 nitrogen and oxygen atoms in total. The summed E-state index contributed by atoms with van der Waals surface area (Å²) in [6, 6.07) is 3.22. The monoisotopic (exact) mass is 212 g/mol. The summed E-state index contributed by atoms with van der Waals surface area (Å²) < 4.78 is 17.9. The highest BCUT2D eigenvalue weighted by molar-refractivity contribution is 5.57. The molecule has 1 aromatic carbocycles. The van der Waals surface area contributed by atoms with Crippen LogP contribution in [0.15, 0.2) is 30.4 Å². The van der Waals surface area contributed by atoms with Gasteiger partial charge < -0.3 is 15.2 Å². The van der Waals surface area contributed by atoms with Crippen molar-refractivity contribution >= 4 is 5.69 Å². The molecule has 0 unspecified atom stereocenters. The van der Waals surface area contributed by atoms with Crippen LogP contribution in [0.2, 0.25) is 0 Å². The standard InChI is InChI=1S/C10H11FNO3/c1-7(2)6-15-10-5-8(11)3-4-9(10)12(13)14/h3-5,13H,1,6H2,2H3/q-1. The Bertz CT molecular complexity index is 366. The number of hydrogen-bond donors (Lipinski definition) is 1. The van der Waals surface area contributed by atoms with Gasteiger partial charge in [-0.05, 0) is 24.6 Å². The Kier molecular flexibility index (Phi) is 3.65. The molecule has 0 aliphatic carbocycles. The van der Waals surface area contributed by atoms with E-state index >= 15 is 0 Å². The largest absolute Gasteiger partial charge is 0.733 e. The molecule has 0 spiro atoms. The Balaban J connectivity index is 2.91. The second kappa shape index (κ2) is 4.77. The van der Waals surface area contributed by atoms with Gasteiger partial charge in [-0.25, -0.2) is 4.39 Å². The third kappa shape index (κ3) is 3.23. The minimum absolute atomic E-state index is 0.0181. The van der Waals surface area contributed by atoms with E-state index in [4.69, 9.17) is 9.94 Å². The van der Waals surface area contributed by atoms with E-state index in [9.17, 15) is 9.60 Å². The van der Waals surface area contributed by atoms with Crippen LogP contribution in [0.5, 0.6) is 5.75 Å². The first-order chi connectivity index (χ1) is 7.00. The van der Waals surface area contributed by atoms with E-state index in [-0.39, 0.29) is 23.3 Å². The van der Waals surface area contributed by atoms with Gasteiger partial charge in [-0.15, -0.1) is 0 Å². The van der Waals surface area contributed by atoms with Crippen molar-refractivity contribution in [1.82, 2.24) is 0 Å². The minimum atomic E-state index is -0.544. The number of nitrogens with zero attached hydrogens (tertiary/aromatic N) is 1. The van der Waals surface area contributed by atoms with Gasteiger partial charge >= 0.3 is 0 Å². The summed E-state index contributed by atoms with van der Waals surface area (Å²) in [6.07, 6.45) is 0. The zero-order valence-corrected chi connectivity index (χ0v) is 8.24. The van der Waals surface area contributed by atoms with Gasteiger partial charge in [0.15, 0.2) is 0 Å². The summed E-state index contributed by atoms with van der Waals surface area (Å²) in [4.78, 5) is 0. The summed E-state index contributed by atoms with van der Waals surface area (Å²) in [5, 5.41) is 19.0. The van der Waals surface area contributed by atoms with E-state index in [1.165, 1.54) is 0 Å². The third-order valence-corrected chi connectivity index (χ3v) is 1.60. The molecule has 0 atom stereocenters. The van der Waals surface area contributed by atoms with Crippen molar-refractivity contribution in [3.63, 3.8) is 0 Å². The van der Waals surface area contributed by atoms with E-state index in [1.807, 2.05) is 0 Å². The van der Waals surface area contributed by atoms with Crippen LogP contribution in [0.4, 0.5) is 10.1 Å². The highest BCUT2D eigenvalue weighted by atomic mass is 19.1. The molecule has 1 aromatic rings. The SMILES string of the molecule is C=C(C)COc1cc(F)ccc1N([O-])O. The molecule has 0 radical (unpaired) electrons. The Morgan fingerprint density at radius 2 is 2.33 bits per heavy atom. The molecule has 0 aromatic heterocycles. The quantitative estimate of drug-likeness (QED) is 0.615. The lowest BCUT2D eigenvalue weighted by Gasteiger charge is -2.24. The van der Waals surface area contributed by atoms with Crippen LogP contribution in [0, 0.1) is 11.0 Å². The molecule has 1 N–H and O–H groups in total. The number of benzene rings is 1. The molecular weight excluding hydrogens is 201 g/mol. The van der Waals surface area contributed by atoms with Gasteiger partial charge in [0.25, 0.3) is 0 Å². The van der Waals surface area contributed by atoms with Crippen molar-refractivity contribution in [3.8, 4) is 5.75 Å².